The van der Waals surface area contributed by atoms with Crippen LogP contribution < -0.4 is 0 Å². The third kappa shape index (κ3) is 6.71. The minimum atomic E-state index is -1.41. The molecule has 1 unspecified atom stereocenters. The molecule has 0 aliphatic carbocycles. The SMILES string of the molecule is CCCC[SH](F)#P. The van der Waals surface area contributed by atoms with E-state index in [9.17, 15) is 3.89 Å². The maximum absolute atomic E-state index is 11.8. The van der Waals surface area contributed by atoms with Crippen LogP contribution in [-0.4, -0.2) is 5.75 Å². The van der Waals surface area contributed by atoms with Crippen LogP contribution >= 0.6 is 18.1 Å². The van der Waals surface area contributed by atoms with E-state index in [-0.39, 0.29) is 0 Å². The second kappa shape index (κ2) is 4.86. The van der Waals surface area contributed by atoms with Crippen molar-refractivity contribution in [2.75, 3.05) is 5.75 Å². The van der Waals surface area contributed by atoms with Gasteiger partial charge in [-0.2, -0.15) is 0 Å². The fourth-order valence-electron chi connectivity index (χ4n) is 0.289. The molecule has 0 aliphatic heterocycles. The van der Waals surface area contributed by atoms with Crippen molar-refractivity contribution in [3.05, 3.63) is 0 Å². The van der Waals surface area contributed by atoms with E-state index < -0.39 is 10.3 Å². The first-order valence-corrected chi connectivity index (χ1v) is 4.96. The fourth-order valence-corrected chi connectivity index (χ4v) is 1.29. The predicted molar refractivity (Wildman–Crippen MR) is 36.8 cm³/mol. The Labute approximate surface area is 48.2 Å². The summed E-state index contributed by atoms with van der Waals surface area (Å²) in [4.78, 5) is 0. The molecule has 0 rings (SSSR count). The average Bonchev–Trinajstić information content (AvgIpc) is 1.61. The molecule has 0 heterocycles. The Bertz CT molecular complexity index is 93.6. The van der Waals surface area contributed by atoms with E-state index in [0.29, 0.717) is 5.75 Å². The normalized spacial score (nSPS) is 13.9. The third-order valence-electron chi connectivity index (χ3n) is 0.696. The minimum absolute atomic E-state index is 0.662. The zero-order valence-electron chi connectivity index (χ0n) is 4.39. The van der Waals surface area contributed by atoms with Crippen LogP contribution in [0, 0.1) is 0 Å². The summed E-state index contributed by atoms with van der Waals surface area (Å²) in [5.74, 6) is 0.662. The summed E-state index contributed by atoms with van der Waals surface area (Å²) in [6.07, 6.45) is 2.05. The quantitative estimate of drug-likeness (QED) is 0.442. The van der Waals surface area contributed by atoms with Crippen molar-refractivity contribution in [3.63, 3.8) is 0 Å². The van der Waals surface area contributed by atoms with Crippen molar-refractivity contribution in [1.29, 1.82) is 0 Å². The van der Waals surface area contributed by atoms with E-state index in [1.54, 1.807) is 0 Å². The topological polar surface area (TPSA) is 0 Å². The van der Waals surface area contributed by atoms with E-state index in [1.165, 1.54) is 0 Å². The molecule has 1 atom stereocenters. The molecule has 0 spiro atoms. The van der Waals surface area contributed by atoms with E-state index in [0.717, 1.165) is 12.8 Å². The second-order valence-corrected chi connectivity index (χ2v) is 3.84. The van der Waals surface area contributed by atoms with Crippen LogP contribution in [0.3, 0.4) is 0 Å². The van der Waals surface area contributed by atoms with Crippen LogP contribution in [-0.2, 0) is 0 Å². The van der Waals surface area contributed by atoms with Crippen molar-refractivity contribution < 1.29 is 3.89 Å². The van der Waals surface area contributed by atoms with Gasteiger partial charge in [0.15, 0.2) is 0 Å². The second-order valence-electron chi connectivity index (χ2n) is 1.41. The van der Waals surface area contributed by atoms with Crippen molar-refractivity contribution in [2.45, 2.75) is 19.8 Å². The molecule has 0 N–H and O–H groups in total. The molecule has 44 valence electrons. The molecule has 0 amide bonds. The van der Waals surface area contributed by atoms with E-state index in [1.807, 2.05) is 6.92 Å². The maximum atomic E-state index is 11.8. The first-order chi connectivity index (χ1) is 3.27. The summed E-state index contributed by atoms with van der Waals surface area (Å²) in [7, 11) is 2.22. The van der Waals surface area contributed by atoms with Gasteiger partial charge in [0.05, 0.1) is 0 Å². The van der Waals surface area contributed by atoms with Gasteiger partial charge < -0.3 is 0 Å². The fraction of sp³-hybridized carbons (Fsp3) is 1.00. The Kier molecular flexibility index (Phi) is 5.35. The number of hydrogen-bond acceptors (Lipinski definition) is 0. The molecule has 3 heteroatoms. The summed E-state index contributed by atoms with van der Waals surface area (Å²) in [6, 6.07) is 0. The number of unbranched alkanes of at least 4 members (excludes halogenated alkanes) is 1. The Morgan fingerprint density at radius 1 is 1.71 bits per heavy atom. The van der Waals surface area contributed by atoms with Gasteiger partial charge in [0.1, 0.15) is 0 Å². The van der Waals surface area contributed by atoms with Crippen molar-refractivity contribution in [3.8, 4) is 0 Å². The Hall–Kier alpha value is 0.710. The molecule has 0 aromatic carbocycles. The number of thiol groups is 1. The molecule has 0 saturated carbocycles. The molecule has 0 aromatic rings. The van der Waals surface area contributed by atoms with E-state index in [2.05, 4.69) is 7.81 Å². The van der Waals surface area contributed by atoms with Crippen LogP contribution in [0.1, 0.15) is 19.8 Å². The Morgan fingerprint density at radius 3 is 2.43 bits per heavy atom. The van der Waals surface area contributed by atoms with Crippen molar-refractivity contribution in [2.24, 2.45) is 0 Å². The summed E-state index contributed by atoms with van der Waals surface area (Å²) < 4.78 is 11.8. The standard InChI is InChI=1S/C4H10FPS/c1-2-3-4-7(5)6/h7H,2-4H2,1H3. The number of rotatable bonds is 2. The third-order valence-corrected chi connectivity index (χ3v) is 1.98. The molecular weight excluding hydrogens is 130 g/mol. The monoisotopic (exact) mass is 140 g/mol. The summed E-state index contributed by atoms with van der Waals surface area (Å²) >= 11 is 0. The molecule has 0 bridgehead atoms. The van der Waals surface area contributed by atoms with Crippen molar-refractivity contribution in [1.82, 2.24) is 0 Å². The zero-order chi connectivity index (χ0) is 5.70. The van der Waals surface area contributed by atoms with Crippen LogP contribution in [0.15, 0.2) is 0 Å². The first kappa shape index (κ1) is 7.71. The number of halogens is 1. The summed E-state index contributed by atoms with van der Waals surface area (Å²) in [5, 5.41) is 0. The van der Waals surface area contributed by atoms with Gasteiger partial charge in [-0.1, -0.05) is 0 Å². The summed E-state index contributed by atoms with van der Waals surface area (Å²) in [5.41, 5.74) is 0. The molecule has 0 nitrogen and oxygen atoms in total. The Balaban J connectivity index is 2.88. The molecule has 7 heavy (non-hydrogen) atoms. The van der Waals surface area contributed by atoms with Gasteiger partial charge in [-0.3, -0.25) is 0 Å². The Morgan fingerprint density at radius 2 is 2.29 bits per heavy atom. The molecule has 0 fully saturated rings. The van der Waals surface area contributed by atoms with Gasteiger partial charge in [-0.05, 0) is 0 Å². The van der Waals surface area contributed by atoms with Gasteiger partial charge in [-0.15, -0.1) is 0 Å². The molecule has 0 aromatic heterocycles. The van der Waals surface area contributed by atoms with E-state index >= 15 is 0 Å². The van der Waals surface area contributed by atoms with Gasteiger partial charge in [0.2, 0.25) is 0 Å². The number of hydrogen-bond donors (Lipinski definition) is 1. The van der Waals surface area contributed by atoms with Crippen LogP contribution in [0.25, 0.3) is 0 Å². The first-order valence-electron chi connectivity index (χ1n) is 2.39. The van der Waals surface area contributed by atoms with Crippen LogP contribution in [0.4, 0.5) is 3.89 Å². The molecular formula is C4H10FPS. The van der Waals surface area contributed by atoms with Gasteiger partial charge >= 0.3 is 47.5 Å². The molecule has 0 aliphatic rings. The van der Waals surface area contributed by atoms with Crippen LogP contribution in [0.2, 0.25) is 0 Å². The average molecular weight is 140 g/mol. The van der Waals surface area contributed by atoms with Crippen molar-refractivity contribution >= 4 is 18.1 Å². The van der Waals surface area contributed by atoms with E-state index in [4.69, 9.17) is 0 Å². The van der Waals surface area contributed by atoms with Gasteiger partial charge in [0, 0.05) is 0 Å². The molecule has 0 radical (unpaired) electrons. The van der Waals surface area contributed by atoms with Gasteiger partial charge in [-0.25, -0.2) is 0 Å². The van der Waals surface area contributed by atoms with Crippen LogP contribution in [0.5, 0.6) is 0 Å². The summed E-state index contributed by atoms with van der Waals surface area (Å²) in [6.45, 7) is 2.05. The molecule has 0 saturated heterocycles. The predicted octanol–water partition coefficient (Wildman–Crippen LogP) is 3.00. The zero-order valence-corrected chi connectivity index (χ0v) is 6.18. The van der Waals surface area contributed by atoms with Gasteiger partial charge in [0.25, 0.3) is 0 Å².